The monoisotopic (exact) mass is 442 g/mol. The molecule has 3 heterocycles. The van der Waals surface area contributed by atoms with Crippen LogP contribution in [0, 0.1) is 11.6 Å². The van der Waals surface area contributed by atoms with Crippen molar-refractivity contribution < 1.29 is 17.2 Å². The Hall–Kier alpha value is -2.81. The van der Waals surface area contributed by atoms with Gasteiger partial charge in [-0.15, -0.1) is 0 Å². The van der Waals surface area contributed by atoms with E-state index in [2.05, 4.69) is 27.4 Å². The molecule has 3 aliphatic rings. The first-order valence-corrected chi connectivity index (χ1v) is 12.1. The number of benzene rings is 2. The van der Waals surface area contributed by atoms with E-state index in [0.29, 0.717) is 30.6 Å². The standard InChI is InChI=1S/C22H20F2N4O2S/c23-13-6-17-20(18(24)7-13)26-22(28-10-15-8-14(28)11-31(15,29)30)27-21(17)25-19-9-16(19)12-4-2-1-3-5-12/h1-7,14-16,19H,8-11H2,(H,25,26,27)/t14-,15-,16+,19+/m0/s1. The number of hydrogen-bond acceptors (Lipinski definition) is 6. The van der Waals surface area contributed by atoms with E-state index in [1.54, 1.807) is 0 Å². The minimum Gasteiger partial charge on any atom is -0.366 e. The maximum atomic E-state index is 14.6. The number of rotatable bonds is 4. The zero-order valence-electron chi connectivity index (χ0n) is 16.5. The molecule has 1 aliphatic carbocycles. The quantitative estimate of drug-likeness (QED) is 0.669. The van der Waals surface area contributed by atoms with Crippen LogP contribution < -0.4 is 10.2 Å². The lowest BCUT2D eigenvalue weighted by Gasteiger charge is -2.27. The van der Waals surface area contributed by atoms with Gasteiger partial charge in [0.25, 0.3) is 0 Å². The average Bonchev–Trinajstić information content (AvgIpc) is 3.27. The van der Waals surface area contributed by atoms with Crippen molar-refractivity contribution in [2.24, 2.45) is 0 Å². The molecule has 3 aromatic rings. The van der Waals surface area contributed by atoms with Crippen molar-refractivity contribution in [3.63, 3.8) is 0 Å². The third kappa shape index (κ3) is 3.13. The molecule has 1 N–H and O–H groups in total. The molecule has 6 rings (SSSR count). The minimum absolute atomic E-state index is 0.0384. The topological polar surface area (TPSA) is 75.2 Å². The van der Waals surface area contributed by atoms with E-state index in [1.165, 1.54) is 11.6 Å². The second kappa shape index (κ2) is 6.59. The molecule has 0 radical (unpaired) electrons. The SMILES string of the molecule is O=S1(=O)C[C@@H]2C[C@H]1CN2c1nc(N[C@@H]2C[C@@H]2c2ccccc2)c2cc(F)cc(F)c2n1. The van der Waals surface area contributed by atoms with E-state index in [1.807, 2.05) is 23.1 Å². The van der Waals surface area contributed by atoms with Crippen LogP contribution in [0.4, 0.5) is 20.5 Å². The van der Waals surface area contributed by atoms with Crippen molar-refractivity contribution >= 4 is 32.5 Å². The molecule has 6 nitrogen and oxygen atoms in total. The Bertz CT molecular complexity index is 1300. The van der Waals surface area contributed by atoms with Crippen molar-refractivity contribution in [1.82, 2.24) is 9.97 Å². The molecule has 3 fully saturated rings. The Morgan fingerprint density at radius 2 is 1.87 bits per heavy atom. The molecule has 0 amide bonds. The van der Waals surface area contributed by atoms with Gasteiger partial charge in [0.15, 0.2) is 15.7 Å². The van der Waals surface area contributed by atoms with Crippen molar-refractivity contribution in [3.05, 3.63) is 59.7 Å². The number of fused-ring (bicyclic) bond motifs is 3. The number of aromatic nitrogens is 2. The van der Waals surface area contributed by atoms with E-state index in [0.717, 1.165) is 12.5 Å². The summed E-state index contributed by atoms with van der Waals surface area (Å²) in [4.78, 5) is 10.8. The Labute approximate surface area is 178 Å². The number of nitrogens with one attached hydrogen (secondary N) is 1. The van der Waals surface area contributed by atoms with Gasteiger partial charge in [-0.25, -0.2) is 22.2 Å². The van der Waals surface area contributed by atoms with Crippen molar-refractivity contribution in [2.45, 2.75) is 36.1 Å². The highest BCUT2D eigenvalue weighted by Gasteiger charge is 2.49. The van der Waals surface area contributed by atoms with Crippen LogP contribution in [0.5, 0.6) is 0 Å². The summed E-state index contributed by atoms with van der Waals surface area (Å²) < 4.78 is 52.8. The summed E-state index contributed by atoms with van der Waals surface area (Å²) in [5.41, 5.74) is 1.24. The van der Waals surface area contributed by atoms with Crippen LogP contribution in [0.15, 0.2) is 42.5 Å². The van der Waals surface area contributed by atoms with Crippen LogP contribution in [0.25, 0.3) is 10.9 Å². The van der Waals surface area contributed by atoms with E-state index in [-0.39, 0.29) is 28.7 Å². The zero-order chi connectivity index (χ0) is 21.3. The minimum atomic E-state index is -3.08. The molecule has 1 saturated carbocycles. The number of hydrogen-bond donors (Lipinski definition) is 1. The molecule has 0 unspecified atom stereocenters. The van der Waals surface area contributed by atoms with E-state index >= 15 is 0 Å². The number of nitrogens with zero attached hydrogens (tertiary/aromatic N) is 3. The Kier molecular flexibility index (Phi) is 4.02. The van der Waals surface area contributed by atoms with Crippen molar-refractivity contribution in [2.75, 3.05) is 22.5 Å². The third-order valence-electron chi connectivity index (χ3n) is 6.61. The fraction of sp³-hybridized carbons (Fsp3) is 0.364. The first-order valence-electron chi connectivity index (χ1n) is 10.4. The lowest BCUT2D eigenvalue weighted by atomic mass is 10.1. The molecule has 2 aromatic carbocycles. The lowest BCUT2D eigenvalue weighted by Crippen LogP contribution is -2.41. The van der Waals surface area contributed by atoms with Gasteiger partial charge in [0.05, 0.1) is 11.0 Å². The fourth-order valence-electron chi connectivity index (χ4n) is 4.92. The molecular weight excluding hydrogens is 422 g/mol. The van der Waals surface area contributed by atoms with Crippen LogP contribution >= 0.6 is 0 Å². The Morgan fingerprint density at radius 1 is 1.06 bits per heavy atom. The third-order valence-corrected chi connectivity index (χ3v) is 8.82. The Morgan fingerprint density at radius 3 is 2.58 bits per heavy atom. The van der Waals surface area contributed by atoms with Crippen LogP contribution in [-0.2, 0) is 9.84 Å². The maximum Gasteiger partial charge on any atom is 0.228 e. The molecular formula is C22H20F2N4O2S. The highest BCUT2D eigenvalue weighted by atomic mass is 32.2. The normalized spacial score (nSPS) is 28.3. The molecule has 31 heavy (non-hydrogen) atoms. The highest BCUT2D eigenvalue weighted by Crippen LogP contribution is 2.44. The van der Waals surface area contributed by atoms with E-state index in [4.69, 9.17) is 0 Å². The lowest BCUT2D eigenvalue weighted by molar-refractivity contribution is 0.583. The molecule has 2 aliphatic heterocycles. The molecule has 2 bridgehead atoms. The summed E-state index contributed by atoms with van der Waals surface area (Å²) >= 11 is 0. The van der Waals surface area contributed by atoms with Gasteiger partial charge in [-0.2, -0.15) is 4.98 Å². The highest BCUT2D eigenvalue weighted by molar-refractivity contribution is 7.92. The summed E-state index contributed by atoms with van der Waals surface area (Å²) in [6, 6.07) is 12.0. The molecule has 4 atom stereocenters. The molecule has 9 heteroatoms. The van der Waals surface area contributed by atoms with Crippen molar-refractivity contribution in [3.8, 4) is 0 Å². The van der Waals surface area contributed by atoms with Gasteiger partial charge in [0.2, 0.25) is 5.95 Å². The van der Waals surface area contributed by atoms with Gasteiger partial charge in [0, 0.05) is 36.0 Å². The van der Waals surface area contributed by atoms with Crippen molar-refractivity contribution in [1.29, 1.82) is 0 Å². The van der Waals surface area contributed by atoms with Gasteiger partial charge in [-0.1, -0.05) is 30.3 Å². The molecule has 1 aromatic heterocycles. The van der Waals surface area contributed by atoms with Crippen LogP contribution in [-0.4, -0.2) is 48.0 Å². The second-order valence-corrected chi connectivity index (χ2v) is 11.0. The van der Waals surface area contributed by atoms with E-state index in [9.17, 15) is 17.2 Å². The largest absolute Gasteiger partial charge is 0.366 e. The zero-order valence-corrected chi connectivity index (χ0v) is 17.3. The maximum absolute atomic E-state index is 14.6. The van der Waals surface area contributed by atoms with Crippen LogP contribution in [0.2, 0.25) is 0 Å². The average molecular weight is 442 g/mol. The predicted octanol–water partition coefficient (Wildman–Crippen LogP) is 3.25. The van der Waals surface area contributed by atoms with Gasteiger partial charge < -0.3 is 10.2 Å². The molecule has 160 valence electrons. The van der Waals surface area contributed by atoms with Gasteiger partial charge in [0.1, 0.15) is 17.2 Å². The number of sulfone groups is 1. The Balaban J connectivity index is 1.38. The molecule has 2 saturated heterocycles. The second-order valence-electron chi connectivity index (χ2n) is 8.65. The summed E-state index contributed by atoms with van der Waals surface area (Å²) in [5.74, 6) is -0.402. The number of anilines is 2. The first kappa shape index (κ1) is 18.9. The summed E-state index contributed by atoms with van der Waals surface area (Å²) in [7, 11) is -3.08. The first-order chi connectivity index (χ1) is 14.9. The predicted molar refractivity (Wildman–Crippen MR) is 114 cm³/mol. The fourth-order valence-corrected chi connectivity index (χ4v) is 6.95. The molecule has 0 spiro atoms. The number of halogens is 2. The van der Waals surface area contributed by atoms with Crippen LogP contribution in [0.1, 0.15) is 24.3 Å². The van der Waals surface area contributed by atoms with E-state index < -0.39 is 26.7 Å². The smallest absolute Gasteiger partial charge is 0.228 e. The van der Waals surface area contributed by atoms with Gasteiger partial charge in [-0.05, 0) is 24.5 Å². The van der Waals surface area contributed by atoms with Crippen LogP contribution in [0.3, 0.4) is 0 Å². The summed E-state index contributed by atoms with van der Waals surface area (Å²) in [6.07, 6.45) is 1.44. The van der Waals surface area contributed by atoms with Gasteiger partial charge >= 0.3 is 0 Å². The van der Waals surface area contributed by atoms with Gasteiger partial charge in [-0.3, -0.25) is 0 Å². The summed E-state index contributed by atoms with van der Waals surface area (Å²) in [5, 5.41) is 3.21. The summed E-state index contributed by atoms with van der Waals surface area (Å²) in [6.45, 7) is 0.302.